The number of piperidine rings is 1. The molecule has 2 fully saturated rings. The van der Waals surface area contributed by atoms with Gasteiger partial charge in [-0.15, -0.1) is 0 Å². The van der Waals surface area contributed by atoms with E-state index in [2.05, 4.69) is 12.2 Å². The Morgan fingerprint density at radius 3 is 2.67 bits per heavy atom. The predicted molar refractivity (Wildman–Crippen MR) is 74.4 cm³/mol. The Morgan fingerprint density at radius 1 is 1.22 bits per heavy atom. The Kier molecular flexibility index (Phi) is 5.04. The molecule has 0 bridgehead atoms. The van der Waals surface area contributed by atoms with Crippen molar-refractivity contribution in [2.75, 3.05) is 20.1 Å². The third-order valence-electron chi connectivity index (χ3n) is 4.78. The molecule has 1 heterocycles. The second kappa shape index (κ2) is 6.55. The fourth-order valence-electron chi connectivity index (χ4n) is 3.43. The van der Waals surface area contributed by atoms with E-state index < -0.39 is 0 Å². The van der Waals surface area contributed by atoms with Gasteiger partial charge < -0.3 is 10.2 Å². The molecule has 1 aliphatic carbocycles. The van der Waals surface area contributed by atoms with Crippen LogP contribution in [0.1, 0.15) is 51.9 Å². The van der Waals surface area contributed by atoms with E-state index in [1.807, 2.05) is 11.9 Å². The van der Waals surface area contributed by atoms with Gasteiger partial charge in [-0.1, -0.05) is 19.8 Å². The molecule has 0 aromatic carbocycles. The second-order valence-corrected chi connectivity index (χ2v) is 6.21. The monoisotopic (exact) mass is 252 g/mol. The van der Waals surface area contributed by atoms with Crippen LogP contribution in [0.4, 0.5) is 0 Å². The largest absolute Gasteiger partial charge is 0.345 e. The minimum atomic E-state index is 0.300. The zero-order valence-corrected chi connectivity index (χ0v) is 12.0. The molecule has 0 aromatic heterocycles. The fraction of sp³-hybridized carbons (Fsp3) is 0.933. The van der Waals surface area contributed by atoms with Crippen LogP contribution < -0.4 is 5.32 Å². The molecule has 1 aliphatic heterocycles. The molecule has 0 aromatic rings. The Balaban J connectivity index is 1.73. The van der Waals surface area contributed by atoms with Gasteiger partial charge in [0.25, 0.3) is 0 Å². The number of nitrogens with one attached hydrogen (secondary N) is 1. The van der Waals surface area contributed by atoms with Gasteiger partial charge in [-0.3, -0.25) is 4.79 Å². The molecule has 0 spiro atoms. The lowest BCUT2D eigenvalue weighted by Crippen LogP contribution is -2.40. The topological polar surface area (TPSA) is 32.3 Å². The van der Waals surface area contributed by atoms with Gasteiger partial charge in [0.05, 0.1) is 0 Å². The second-order valence-electron chi connectivity index (χ2n) is 6.21. The lowest BCUT2D eigenvalue weighted by molar-refractivity contribution is -0.135. The van der Waals surface area contributed by atoms with E-state index in [0.717, 1.165) is 25.9 Å². The van der Waals surface area contributed by atoms with E-state index in [0.29, 0.717) is 23.8 Å². The summed E-state index contributed by atoms with van der Waals surface area (Å²) in [6.45, 7) is 4.30. The molecular weight excluding hydrogens is 224 g/mol. The summed E-state index contributed by atoms with van der Waals surface area (Å²) in [5.74, 6) is 1.28. The number of rotatable bonds is 4. The van der Waals surface area contributed by atoms with Crippen LogP contribution in [-0.2, 0) is 4.79 Å². The van der Waals surface area contributed by atoms with Gasteiger partial charge in [-0.2, -0.15) is 0 Å². The van der Waals surface area contributed by atoms with Crippen molar-refractivity contribution >= 4 is 5.91 Å². The van der Waals surface area contributed by atoms with E-state index in [9.17, 15) is 4.79 Å². The van der Waals surface area contributed by atoms with E-state index in [1.54, 1.807) is 0 Å². The number of hydrogen-bond donors (Lipinski definition) is 1. The van der Waals surface area contributed by atoms with Crippen LogP contribution in [0.15, 0.2) is 0 Å². The summed E-state index contributed by atoms with van der Waals surface area (Å²) in [6.07, 6.45) is 8.61. The van der Waals surface area contributed by atoms with Crippen molar-refractivity contribution < 1.29 is 4.79 Å². The van der Waals surface area contributed by atoms with Crippen molar-refractivity contribution in [3.05, 3.63) is 0 Å². The summed E-state index contributed by atoms with van der Waals surface area (Å²) in [4.78, 5) is 14.3. The zero-order chi connectivity index (χ0) is 13.0. The maximum absolute atomic E-state index is 12.3. The molecule has 1 amide bonds. The molecule has 3 heteroatoms. The molecule has 3 unspecified atom stereocenters. The summed E-state index contributed by atoms with van der Waals surface area (Å²) < 4.78 is 0. The van der Waals surface area contributed by atoms with Gasteiger partial charge in [0.15, 0.2) is 0 Å². The standard InChI is InChI=1S/C15H28N2O/c1-12-6-5-8-14(12)15(18)17(2)11-9-13-7-3-4-10-16-13/h12-14,16H,3-11H2,1-2H3. The number of carbonyl (C=O) groups is 1. The minimum absolute atomic E-state index is 0.300. The number of nitrogens with zero attached hydrogens (tertiary/aromatic N) is 1. The molecule has 0 radical (unpaired) electrons. The van der Waals surface area contributed by atoms with Crippen molar-refractivity contribution in [3.8, 4) is 0 Å². The van der Waals surface area contributed by atoms with E-state index in [1.165, 1.54) is 32.1 Å². The van der Waals surface area contributed by atoms with Gasteiger partial charge >= 0.3 is 0 Å². The van der Waals surface area contributed by atoms with Crippen molar-refractivity contribution in [3.63, 3.8) is 0 Å². The van der Waals surface area contributed by atoms with Gasteiger partial charge in [0.2, 0.25) is 5.91 Å². The first-order valence-electron chi connectivity index (χ1n) is 7.67. The smallest absolute Gasteiger partial charge is 0.225 e. The van der Waals surface area contributed by atoms with Crippen LogP contribution in [-0.4, -0.2) is 37.0 Å². The molecule has 1 N–H and O–H groups in total. The maximum Gasteiger partial charge on any atom is 0.225 e. The average molecular weight is 252 g/mol. The van der Waals surface area contributed by atoms with Gasteiger partial charge in [-0.25, -0.2) is 0 Å². The highest BCUT2D eigenvalue weighted by molar-refractivity contribution is 5.79. The lowest BCUT2D eigenvalue weighted by Gasteiger charge is -2.28. The molecule has 2 rings (SSSR count). The van der Waals surface area contributed by atoms with Gasteiger partial charge in [0.1, 0.15) is 0 Å². The minimum Gasteiger partial charge on any atom is -0.345 e. The van der Waals surface area contributed by atoms with Crippen LogP contribution in [0.2, 0.25) is 0 Å². The van der Waals surface area contributed by atoms with Crippen molar-refractivity contribution in [1.82, 2.24) is 10.2 Å². The third-order valence-corrected chi connectivity index (χ3v) is 4.78. The van der Waals surface area contributed by atoms with Crippen LogP contribution in [0.5, 0.6) is 0 Å². The van der Waals surface area contributed by atoms with Gasteiger partial charge in [-0.05, 0) is 44.6 Å². The van der Waals surface area contributed by atoms with Crippen molar-refractivity contribution in [2.45, 2.75) is 57.9 Å². The van der Waals surface area contributed by atoms with E-state index >= 15 is 0 Å². The SMILES string of the molecule is CC1CCCC1C(=O)N(C)CCC1CCCCN1. The van der Waals surface area contributed by atoms with Gasteiger partial charge in [0, 0.05) is 25.6 Å². The maximum atomic E-state index is 12.3. The first kappa shape index (κ1) is 13.9. The molecule has 18 heavy (non-hydrogen) atoms. The summed E-state index contributed by atoms with van der Waals surface area (Å²) in [7, 11) is 1.98. The Bertz CT molecular complexity index is 274. The van der Waals surface area contributed by atoms with Crippen LogP contribution in [0, 0.1) is 11.8 Å². The number of amides is 1. The average Bonchev–Trinajstić information content (AvgIpc) is 2.82. The Morgan fingerprint density at radius 2 is 2.06 bits per heavy atom. The highest BCUT2D eigenvalue weighted by atomic mass is 16.2. The molecular formula is C15H28N2O. The number of carbonyl (C=O) groups excluding carboxylic acids is 1. The number of hydrogen-bond acceptors (Lipinski definition) is 2. The summed E-state index contributed by atoms with van der Waals surface area (Å²) >= 11 is 0. The highest BCUT2D eigenvalue weighted by Gasteiger charge is 2.31. The van der Waals surface area contributed by atoms with Crippen LogP contribution >= 0.6 is 0 Å². The molecule has 2 aliphatic rings. The quantitative estimate of drug-likeness (QED) is 0.833. The Hall–Kier alpha value is -0.570. The first-order chi connectivity index (χ1) is 8.68. The molecule has 1 saturated heterocycles. The third kappa shape index (κ3) is 3.47. The van der Waals surface area contributed by atoms with Crippen molar-refractivity contribution in [1.29, 1.82) is 0 Å². The highest BCUT2D eigenvalue weighted by Crippen LogP contribution is 2.32. The zero-order valence-electron chi connectivity index (χ0n) is 12.0. The van der Waals surface area contributed by atoms with Crippen LogP contribution in [0.25, 0.3) is 0 Å². The molecule has 1 saturated carbocycles. The summed E-state index contributed by atoms with van der Waals surface area (Å²) in [5.41, 5.74) is 0. The van der Waals surface area contributed by atoms with Crippen LogP contribution in [0.3, 0.4) is 0 Å². The predicted octanol–water partition coefficient (Wildman–Crippen LogP) is 2.41. The van der Waals surface area contributed by atoms with E-state index in [4.69, 9.17) is 0 Å². The fourth-order valence-corrected chi connectivity index (χ4v) is 3.43. The van der Waals surface area contributed by atoms with Crippen molar-refractivity contribution in [2.24, 2.45) is 11.8 Å². The molecule has 3 atom stereocenters. The summed E-state index contributed by atoms with van der Waals surface area (Å²) in [6, 6.07) is 0.634. The lowest BCUT2D eigenvalue weighted by atomic mass is 9.96. The molecule has 3 nitrogen and oxygen atoms in total. The normalized spacial score (nSPS) is 32.4. The Labute approximate surface area is 111 Å². The van der Waals surface area contributed by atoms with E-state index in [-0.39, 0.29) is 0 Å². The molecule has 104 valence electrons. The summed E-state index contributed by atoms with van der Waals surface area (Å²) in [5, 5.41) is 3.55. The first-order valence-corrected chi connectivity index (χ1v) is 7.67.